The summed E-state index contributed by atoms with van der Waals surface area (Å²) in [7, 11) is 0. The van der Waals surface area contributed by atoms with Gasteiger partial charge in [0.05, 0.1) is 5.69 Å². The zero-order valence-corrected chi connectivity index (χ0v) is 11.1. The summed E-state index contributed by atoms with van der Waals surface area (Å²) in [6, 6.07) is 6.65. The lowest BCUT2D eigenvalue weighted by Gasteiger charge is -2.20. The molecule has 17 heavy (non-hydrogen) atoms. The first-order valence-corrected chi connectivity index (χ1v) is 6.22. The Labute approximate surface area is 105 Å². The third kappa shape index (κ3) is 4.57. The monoisotopic (exact) mass is 233 g/mol. The van der Waals surface area contributed by atoms with Crippen LogP contribution in [-0.2, 0) is 6.54 Å². The van der Waals surface area contributed by atoms with Crippen molar-refractivity contribution in [3.05, 3.63) is 36.5 Å². The van der Waals surface area contributed by atoms with E-state index in [1.165, 1.54) is 0 Å². The first-order valence-electron chi connectivity index (χ1n) is 6.22. The maximum atomic E-state index is 4.65. The van der Waals surface area contributed by atoms with Crippen LogP contribution in [0.3, 0.4) is 0 Å². The van der Waals surface area contributed by atoms with Gasteiger partial charge < -0.3 is 10.2 Å². The van der Waals surface area contributed by atoms with Gasteiger partial charge in [0.15, 0.2) is 0 Å². The highest BCUT2D eigenvalue weighted by Gasteiger charge is 2.04. The number of aromatic nitrogens is 1. The third-order valence-electron chi connectivity index (χ3n) is 2.54. The van der Waals surface area contributed by atoms with Gasteiger partial charge in [-0.2, -0.15) is 0 Å². The summed E-state index contributed by atoms with van der Waals surface area (Å²) in [6.45, 7) is 12.8. The fourth-order valence-corrected chi connectivity index (χ4v) is 1.59. The number of nitrogens with one attached hydrogen (secondary N) is 1. The van der Waals surface area contributed by atoms with Crippen LogP contribution in [0.5, 0.6) is 0 Å². The molecule has 0 aromatic carbocycles. The summed E-state index contributed by atoms with van der Waals surface area (Å²) < 4.78 is 0. The number of hydrogen-bond donors (Lipinski definition) is 1. The largest absolute Gasteiger partial charge is 0.353 e. The number of hydrogen-bond acceptors (Lipinski definition) is 3. The molecule has 0 spiro atoms. The van der Waals surface area contributed by atoms with E-state index in [9.17, 15) is 0 Å². The van der Waals surface area contributed by atoms with Gasteiger partial charge in [-0.15, -0.1) is 6.58 Å². The lowest BCUT2D eigenvalue weighted by Crippen LogP contribution is -2.25. The molecule has 94 valence electrons. The Morgan fingerprint density at radius 1 is 1.47 bits per heavy atom. The van der Waals surface area contributed by atoms with E-state index in [0.29, 0.717) is 6.04 Å². The van der Waals surface area contributed by atoms with Gasteiger partial charge in [0.2, 0.25) is 0 Å². The maximum Gasteiger partial charge on any atom is 0.129 e. The summed E-state index contributed by atoms with van der Waals surface area (Å²) in [4.78, 5) is 6.85. The highest BCUT2D eigenvalue weighted by molar-refractivity contribution is 5.39. The van der Waals surface area contributed by atoms with Crippen LogP contribution in [0.25, 0.3) is 0 Å². The van der Waals surface area contributed by atoms with Gasteiger partial charge in [-0.1, -0.05) is 26.0 Å². The van der Waals surface area contributed by atoms with Crippen LogP contribution in [0.2, 0.25) is 0 Å². The summed E-state index contributed by atoms with van der Waals surface area (Å²) in [5.41, 5.74) is 1.08. The standard InChI is InChI=1S/C14H23N3/c1-5-10-17(6-2)14-9-7-8-13(16-14)11-15-12(3)4/h5,7-9,12,15H,1,6,10-11H2,2-4H3. The van der Waals surface area contributed by atoms with E-state index in [1.807, 2.05) is 12.1 Å². The second kappa shape index (κ2) is 7.07. The average molecular weight is 233 g/mol. The first-order chi connectivity index (χ1) is 8.17. The molecule has 1 aromatic heterocycles. The van der Waals surface area contributed by atoms with Gasteiger partial charge in [0, 0.05) is 25.7 Å². The quantitative estimate of drug-likeness (QED) is 0.734. The van der Waals surface area contributed by atoms with Gasteiger partial charge in [0.25, 0.3) is 0 Å². The molecule has 3 nitrogen and oxygen atoms in total. The van der Waals surface area contributed by atoms with Crippen molar-refractivity contribution in [3.8, 4) is 0 Å². The molecular weight excluding hydrogens is 210 g/mol. The molecule has 0 saturated heterocycles. The van der Waals surface area contributed by atoms with E-state index in [0.717, 1.165) is 31.1 Å². The highest BCUT2D eigenvalue weighted by Crippen LogP contribution is 2.11. The van der Waals surface area contributed by atoms with E-state index in [1.54, 1.807) is 0 Å². The van der Waals surface area contributed by atoms with Gasteiger partial charge >= 0.3 is 0 Å². The van der Waals surface area contributed by atoms with Crippen molar-refractivity contribution >= 4 is 5.82 Å². The van der Waals surface area contributed by atoms with Crippen LogP contribution >= 0.6 is 0 Å². The molecule has 0 aliphatic heterocycles. The Kier molecular flexibility index (Phi) is 5.70. The SMILES string of the molecule is C=CCN(CC)c1cccc(CNC(C)C)n1. The third-order valence-corrected chi connectivity index (χ3v) is 2.54. The molecule has 0 aliphatic rings. The van der Waals surface area contributed by atoms with Crippen molar-refractivity contribution in [3.63, 3.8) is 0 Å². The van der Waals surface area contributed by atoms with Crippen molar-refractivity contribution in [2.24, 2.45) is 0 Å². The Morgan fingerprint density at radius 2 is 2.24 bits per heavy atom. The van der Waals surface area contributed by atoms with Crippen molar-refractivity contribution in [1.82, 2.24) is 10.3 Å². The number of pyridine rings is 1. The highest BCUT2D eigenvalue weighted by atomic mass is 15.2. The maximum absolute atomic E-state index is 4.65. The van der Waals surface area contributed by atoms with Crippen LogP contribution in [0.1, 0.15) is 26.5 Å². The second-order valence-electron chi connectivity index (χ2n) is 4.35. The molecule has 1 aromatic rings. The fraction of sp³-hybridized carbons (Fsp3) is 0.500. The minimum Gasteiger partial charge on any atom is -0.353 e. The molecule has 0 aliphatic carbocycles. The smallest absolute Gasteiger partial charge is 0.129 e. The van der Waals surface area contributed by atoms with Gasteiger partial charge in [0.1, 0.15) is 5.82 Å². The Morgan fingerprint density at radius 3 is 2.82 bits per heavy atom. The summed E-state index contributed by atoms with van der Waals surface area (Å²) in [5.74, 6) is 1.02. The number of anilines is 1. The molecule has 0 fully saturated rings. The molecule has 1 N–H and O–H groups in total. The van der Waals surface area contributed by atoms with Crippen molar-refractivity contribution in [1.29, 1.82) is 0 Å². The molecule has 0 amide bonds. The van der Waals surface area contributed by atoms with Gasteiger partial charge in [-0.3, -0.25) is 0 Å². The van der Waals surface area contributed by atoms with Crippen molar-refractivity contribution < 1.29 is 0 Å². The molecule has 3 heteroatoms. The minimum absolute atomic E-state index is 0.482. The lowest BCUT2D eigenvalue weighted by atomic mass is 10.3. The Balaban J connectivity index is 2.73. The van der Waals surface area contributed by atoms with E-state index in [2.05, 4.69) is 54.7 Å². The van der Waals surface area contributed by atoms with Crippen LogP contribution in [-0.4, -0.2) is 24.1 Å². The van der Waals surface area contributed by atoms with Crippen LogP contribution < -0.4 is 10.2 Å². The number of nitrogens with zero attached hydrogens (tertiary/aromatic N) is 2. The molecule has 1 rings (SSSR count). The lowest BCUT2D eigenvalue weighted by molar-refractivity contribution is 0.581. The molecule has 0 saturated carbocycles. The first kappa shape index (κ1) is 13.7. The van der Waals surface area contributed by atoms with Crippen molar-refractivity contribution in [2.45, 2.75) is 33.4 Å². The Bertz CT molecular complexity index is 347. The minimum atomic E-state index is 0.482. The predicted octanol–water partition coefficient (Wildman–Crippen LogP) is 2.59. The number of likely N-dealkylation sites (N-methyl/N-ethyl adjacent to an activating group) is 1. The van der Waals surface area contributed by atoms with Gasteiger partial charge in [-0.25, -0.2) is 4.98 Å². The zero-order chi connectivity index (χ0) is 12.7. The second-order valence-corrected chi connectivity index (χ2v) is 4.35. The molecular formula is C14H23N3. The van der Waals surface area contributed by atoms with E-state index >= 15 is 0 Å². The zero-order valence-electron chi connectivity index (χ0n) is 11.1. The molecule has 0 atom stereocenters. The fourth-order valence-electron chi connectivity index (χ4n) is 1.59. The molecule has 0 unspecified atom stereocenters. The topological polar surface area (TPSA) is 28.2 Å². The van der Waals surface area contributed by atoms with Gasteiger partial charge in [-0.05, 0) is 19.1 Å². The predicted molar refractivity (Wildman–Crippen MR) is 74.3 cm³/mol. The van der Waals surface area contributed by atoms with Crippen molar-refractivity contribution in [2.75, 3.05) is 18.0 Å². The summed E-state index contributed by atoms with van der Waals surface area (Å²) in [6.07, 6.45) is 1.91. The van der Waals surface area contributed by atoms with Crippen LogP contribution in [0.15, 0.2) is 30.9 Å². The van der Waals surface area contributed by atoms with E-state index < -0.39 is 0 Å². The normalized spacial score (nSPS) is 10.6. The molecule has 1 heterocycles. The average Bonchev–Trinajstić information content (AvgIpc) is 2.34. The Hall–Kier alpha value is -1.35. The number of rotatable bonds is 7. The summed E-state index contributed by atoms with van der Waals surface area (Å²) in [5, 5.41) is 3.38. The van der Waals surface area contributed by atoms with Crippen LogP contribution in [0.4, 0.5) is 5.82 Å². The molecule has 0 radical (unpaired) electrons. The summed E-state index contributed by atoms with van der Waals surface area (Å²) >= 11 is 0. The van der Waals surface area contributed by atoms with E-state index in [-0.39, 0.29) is 0 Å². The molecule has 0 bridgehead atoms. The van der Waals surface area contributed by atoms with Crippen LogP contribution in [0, 0.1) is 0 Å². The van der Waals surface area contributed by atoms with E-state index in [4.69, 9.17) is 0 Å².